The molecule has 9 heteroatoms. The molecule has 2 aliphatic heterocycles. The molecule has 0 atom stereocenters. The van der Waals surface area contributed by atoms with Gasteiger partial charge < -0.3 is 20.3 Å². The molecule has 2 aliphatic rings. The minimum atomic E-state index is -0.575. The van der Waals surface area contributed by atoms with Crippen molar-refractivity contribution in [3.8, 4) is 0 Å². The topological polar surface area (TPSA) is 96.0 Å². The maximum Gasteiger partial charge on any atom is 0.375 e. The fourth-order valence-corrected chi connectivity index (χ4v) is 2.46. The summed E-state index contributed by atoms with van der Waals surface area (Å²) in [6, 6.07) is 4.63. The van der Waals surface area contributed by atoms with E-state index in [2.05, 4.69) is 15.6 Å². The molecule has 0 aromatic carbocycles. The van der Waals surface area contributed by atoms with E-state index in [-0.39, 0.29) is 11.4 Å². The molecule has 24 heavy (non-hydrogen) atoms. The lowest BCUT2D eigenvalue weighted by molar-refractivity contribution is -0.116. The van der Waals surface area contributed by atoms with Crippen molar-refractivity contribution in [1.82, 2.24) is 25.7 Å². The van der Waals surface area contributed by atoms with E-state index in [4.69, 9.17) is 9.68 Å². The van der Waals surface area contributed by atoms with E-state index in [1.54, 1.807) is 16.2 Å². The molecule has 1 aromatic rings. The van der Waals surface area contributed by atoms with Crippen molar-refractivity contribution in [2.45, 2.75) is 0 Å². The van der Waals surface area contributed by atoms with Gasteiger partial charge in [0.2, 0.25) is 0 Å². The van der Waals surface area contributed by atoms with Crippen LogP contribution in [0.4, 0.5) is 0 Å². The average Bonchev–Trinajstić information content (AvgIpc) is 2.63. The molecular formula is C15H21N5O4. The summed E-state index contributed by atoms with van der Waals surface area (Å²) in [5.74, 6) is -1.15. The van der Waals surface area contributed by atoms with Crippen LogP contribution in [-0.4, -0.2) is 79.4 Å². The third kappa shape index (κ3) is 4.48. The Labute approximate surface area is 139 Å². The van der Waals surface area contributed by atoms with Gasteiger partial charge in [-0.15, -0.1) is 10.1 Å². The fraction of sp³-hybridized carbons (Fsp3) is 0.533. The number of rotatable bonds is 4. The molecule has 2 fully saturated rings. The van der Waals surface area contributed by atoms with Crippen molar-refractivity contribution in [3.05, 3.63) is 29.6 Å². The quantitative estimate of drug-likeness (QED) is 0.721. The molecule has 130 valence electrons. The average molecular weight is 335 g/mol. The normalized spacial score (nSPS) is 19.7. The van der Waals surface area contributed by atoms with E-state index in [0.29, 0.717) is 26.2 Å². The van der Waals surface area contributed by atoms with Crippen LogP contribution in [0.1, 0.15) is 21.0 Å². The number of carbonyl (C=O) groups is 2. The van der Waals surface area contributed by atoms with Gasteiger partial charge >= 0.3 is 11.9 Å². The molecule has 2 saturated heterocycles. The Bertz CT molecular complexity index is 538. The number of carbonyl (C=O) groups excluding carboxylic acids is 2. The van der Waals surface area contributed by atoms with E-state index < -0.39 is 11.9 Å². The van der Waals surface area contributed by atoms with Crippen molar-refractivity contribution in [2.75, 3.05) is 52.4 Å². The number of nitrogens with zero attached hydrogens (tertiary/aromatic N) is 3. The number of hydrogen-bond donors (Lipinski definition) is 2. The van der Waals surface area contributed by atoms with Gasteiger partial charge in [-0.1, -0.05) is 6.07 Å². The van der Waals surface area contributed by atoms with E-state index in [1.807, 2.05) is 0 Å². The highest BCUT2D eigenvalue weighted by molar-refractivity contribution is 5.91. The van der Waals surface area contributed by atoms with Gasteiger partial charge in [-0.25, -0.2) is 14.6 Å². The first-order chi connectivity index (χ1) is 11.7. The minimum Gasteiger partial charge on any atom is -0.363 e. The number of aromatic nitrogens is 1. The van der Waals surface area contributed by atoms with Crippen molar-refractivity contribution in [3.63, 3.8) is 0 Å². The largest absolute Gasteiger partial charge is 0.375 e. The van der Waals surface area contributed by atoms with Crippen LogP contribution in [-0.2, 0) is 9.68 Å². The summed E-state index contributed by atoms with van der Waals surface area (Å²) in [5, 5.41) is 9.52. The molecule has 3 heterocycles. The zero-order chi connectivity index (χ0) is 16.8. The number of hydroxylamine groups is 4. The predicted molar refractivity (Wildman–Crippen MR) is 84.0 cm³/mol. The molecule has 0 aliphatic carbocycles. The van der Waals surface area contributed by atoms with Crippen LogP contribution < -0.4 is 10.6 Å². The number of piperazine rings is 2. The monoisotopic (exact) mass is 335 g/mol. The first kappa shape index (κ1) is 16.8. The lowest BCUT2D eigenvalue weighted by atomic mass is 10.3. The smallest absolute Gasteiger partial charge is 0.363 e. The van der Waals surface area contributed by atoms with Gasteiger partial charge in [0.15, 0.2) is 11.4 Å². The summed E-state index contributed by atoms with van der Waals surface area (Å²) < 4.78 is 0. The Morgan fingerprint density at radius 1 is 0.833 bits per heavy atom. The zero-order valence-electron chi connectivity index (χ0n) is 13.4. The summed E-state index contributed by atoms with van der Waals surface area (Å²) in [4.78, 5) is 39.0. The van der Waals surface area contributed by atoms with Crippen LogP contribution in [0.25, 0.3) is 0 Å². The molecule has 9 nitrogen and oxygen atoms in total. The standard InChI is InChI=1S/C15H21N5O4/c21-14(23-19-8-4-16-5-9-19)12-2-1-3-13(18-12)15(22)24-20-10-6-17-7-11-20/h1-3,16-17H,4-11H2. The van der Waals surface area contributed by atoms with Gasteiger partial charge in [-0.05, 0) is 12.1 Å². The van der Waals surface area contributed by atoms with Crippen molar-refractivity contribution >= 4 is 11.9 Å². The van der Waals surface area contributed by atoms with Gasteiger partial charge in [-0.3, -0.25) is 0 Å². The summed E-state index contributed by atoms with van der Waals surface area (Å²) >= 11 is 0. The SMILES string of the molecule is O=C(ON1CCNCC1)c1cccc(C(=O)ON2CCNCC2)n1. The van der Waals surface area contributed by atoms with Gasteiger partial charge in [-0.2, -0.15) is 0 Å². The van der Waals surface area contributed by atoms with E-state index in [1.165, 1.54) is 12.1 Å². The molecule has 0 unspecified atom stereocenters. The van der Waals surface area contributed by atoms with Crippen LogP contribution in [0, 0.1) is 0 Å². The fourth-order valence-electron chi connectivity index (χ4n) is 2.46. The van der Waals surface area contributed by atoms with Crippen LogP contribution in [0.3, 0.4) is 0 Å². The van der Waals surface area contributed by atoms with E-state index in [0.717, 1.165) is 26.2 Å². The third-order valence-corrected chi connectivity index (χ3v) is 3.74. The molecule has 0 radical (unpaired) electrons. The Balaban J connectivity index is 1.60. The number of hydrogen-bond acceptors (Lipinski definition) is 9. The lowest BCUT2D eigenvalue weighted by Crippen LogP contribution is -2.44. The summed E-state index contributed by atoms with van der Waals surface area (Å²) in [7, 11) is 0. The molecule has 0 bridgehead atoms. The van der Waals surface area contributed by atoms with Crippen molar-refractivity contribution < 1.29 is 19.3 Å². The van der Waals surface area contributed by atoms with Gasteiger partial charge in [0.1, 0.15) is 0 Å². The van der Waals surface area contributed by atoms with Crippen molar-refractivity contribution in [1.29, 1.82) is 0 Å². The van der Waals surface area contributed by atoms with Gasteiger partial charge in [0.05, 0.1) is 0 Å². The summed E-state index contributed by atoms with van der Waals surface area (Å²) in [5.41, 5.74) is 0.173. The van der Waals surface area contributed by atoms with Crippen LogP contribution >= 0.6 is 0 Å². The number of nitrogens with one attached hydrogen (secondary N) is 2. The third-order valence-electron chi connectivity index (χ3n) is 3.74. The minimum absolute atomic E-state index is 0.0864. The van der Waals surface area contributed by atoms with Crippen LogP contribution in [0.2, 0.25) is 0 Å². The summed E-state index contributed by atoms with van der Waals surface area (Å²) in [6.07, 6.45) is 0. The molecule has 1 aromatic heterocycles. The highest BCUT2D eigenvalue weighted by Gasteiger charge is 2.21. The second-order valence-corrected chi connectivity index (χ2v) is 5.52. The van der Waals surface area contributed by atoms with E-state index in [9.17, 15) is 9.59 Å². The molecule has 0 spiro atoms. The van der Waals surface area contributed by atoms with Crippen LogP contribution in [0.5, 0.6) is 0 Å². The zero-order valence-corrected chi connectivity index (χ0v) is 13.4. The summed E-state index contributed by atoms with van der Waals surface area (Å²) in [6.45, 7) is 5.53. The van der Waals surface area contributed by atoms with E-state index >= 15 is 0 Å². The Morgan fingerprint density at radius 3 is 1.67 bits per heavy atom. The second-order valence-electron chi connectivity index (χ2n) is 5.52. The molecule has 0 saturated carbocycles. The maximum atomic E-state index is 12.2. The maximum absolute atomic E-state index is 12.2. The first-order valence-electron chi connectivity index (χ1n) is 8.05. The molecule has 2 N–H and O–H groups in total. The van der Waals surface area contributed by atoms with Gasteiger partial charge in [0, 0.05) is 52.4 Å². The first-order valence-corrected chi connectivity index (χ1v) is 8.05. The Morgan fingerprint density at radius 2 is 1.25 bits per heavy atom. The van der Waals surface area contributed by atoms with Crippen LogP contribution in [0.15, 0.2) is 18.2 Å². The molecule has 3 rings (SSSR count). The Hall–Kier alpha value is -2.07. The Kier molecular flexibility index (Phi) is 5.70. The molecular weight excluding hydrogens is 314 g/mol. The highest BCUT2D eigenvalue weighted by Crippen LogP contribution is 2.07. The van der Waals surface area contributed by atoms with Gasteiger partial charge in [0.25, 0.3) is 0 Å². The second kappa shape index (κ2) is 8.15. The number of pyridine rings is 1. The highest BCUT2D eigenvalue weighted by atomic mass is 16.7. The lowest BCUT2D eigenvalue weighted by Gasteiger charge is -2.25. The van der Waals surface area contributed by atoms with Crippen molar-refractivity contribution in [2.24, 2.45) is 0 Å². The predicted octanol–water partition coefficient (Wildman–Crippen LogP) is -0.964. The molecule has 0 amide bonds.